The maximum Gasteiger partial charge on any atom is 0.267 e. The van der Waals surface area contributed by atoms with Gasteiger partial charge < -0.3 is 10.1 Å². The third kappa shape index (κ3) is 4.70. The number of carbonyl (C=O) groups excluding carboxylic acids is 1. The second-order valence-corrected chi connectivity index (χ2v) is 7.73. The van der Waals surface area contributed by atoms with Crippen LogP contribution in [0.3, 0.4) is 0 Å². The molecule has 0 bridgehead atoms. The number of benzene rings is 2. The van der Waals surface area contributed by atoms with E-state index < -0.39 is 0 Å². The van der Waals surface area contributed by atoms with Gasteiger partial charge in [-0.05, 0) is 56.3 Å². The lowest BCUT2D eigenvalue weighted by Gasteiger charge is -2.06. The highest BCUT2D eigenvalue weighted by Crippen LogP contribution is 2.30. The summed E-state index contributed by atoms with van der Waals surface area (Å²) in [5, 5.41) is 10.1. The van der Waals surface area contributed by atoms with Crippen LogP contribution in [0, 0.1) is 6.92 Å². The number of nitrogens with zero attached hydrogens (tertiary/aromatic N) is 2. The molecule has 0 saturated heterocycles. The molecule has 0 unspecified atom stereocenters. The molecule has 4 aromatic rings. The van der Waals surface area contributed by atoms with Crippen LogP contribution in [-0.2, 0) is 0 Å². The van der Waals surface area contributed by atoms with Crippen molar-refractivity contribution in [2.75, 3.05) is 11.9 Å². The molecular weight excluding hydrogens is 412 g/mol. The van der Waals surface area contributed by atoms with E-state index in [2.05, 4.69) is 20.5 Å². The normalized spacial score (nSPS) is 10.6. The van der Waals surface area contributed by atoms with Crippen molar-refractivity contribution in [3.05, 3.63) is 81.6 Å². The number of aromatic nitrogens is 3. The second-order valence-electron chi connectivity index (χ2n) is 6.73. The molecule has 31 heavy (non-hydrogen) atoms. The number of H-pyrrole nitrogens is 1. The van der Waals surface area contributed by atoms with Gasteiger partial charge in [-0.3, -0.25) is 9.59 Å². The molecule has 2 aromatic heterocycles. The standard InChI is InChI=1S/C23H20N4O3S/c1-3-30-18-9-7-15(8-10-18)23-24-14(2)21(31-23)22(29)25-17-6-4-5-16(13-17)19-11-12-20(28)27-26-19/h4-13H,3H2,1-2H3,(H,25,29)(H,27,28). The Morgan fingerprint density at radius 1 is 1.10 bits per heavy atom. The van der Waals surface area contributed by atoms with Crippen LogP contribution in [-0.4, -0.2) is 27.7 Å². The van der Waals surface area contributed by atoms with Gasteiger partial charge in [0, 0.05) is 22.9 Å². The molecule has 2 aromatic carbocycles. The van der Waals surface area contributed by atoms with Crippen LogP contribution in [0.5, 0.6) is 5.75 Å². The first-order valence-electron chi connectivity index (χ1n) is 9.71. The number of carbonyl (C=O) groups is 1. The maximum absolute atomic E-state index is 12.9. The van der Waals surface area contributed by atoms with Gasteiger partial charge in [0.05, 0.1) is 18.0 Å². The van der Waals surface area contributed by atoms with Crippen LogP contribution in [0.4, 0.5) is 5.69 Å². The fourth-order valence-electron chi connectivity index (χ4n) is 3.04. The quantitative estimate of drug-likeness (QED) is 0.467. The Morgan fingerprint density at radius 3 is 2.61 bits per heavy atom. The molecule has 0 spiro atoms. The number of ether oxygens (including phenoxy) is 1. The lowest BCUT2D eigenvalue weighted by atomic mass is 10.1. The molecule has 0 aliphatic carbocycles. The van der Waals surface area contributed by atoms with E-state index in [0.29, 0.717) is 28.6 Å². The Balaban J connectivity index is 1.53. The van der Waals surface area contributed by atoms with E-state index in [0.717, 1.165) is 21.9 Å². The fraction of sp³-hybridized carbons (Fsp3) is 0.130. The lowest BCUT2D eigenvalue weighted by molar-refractivity contribution is 0.103. The Hall–Kier alpha value is -3.78. The average molecular weight is 433 g/mol. The van der Waals surface area contributed by atoms with Crippen molar-refractivity contribution >= 4 is 22.9 Å². The van der Waals surface area contributed by atoms with Crippen molar-refractivity contribution < 1.29 is 9.53 Å². The molecule has 156 valence electrons. The molecular formula is C23H20N4O3S. The summed E-state index contributed by atoms with van der Waals surface area (Å²) in [6.45, 7) is 4.37. The lowest BCUT2D eigenvalue weighted by Crippen LogP contribution is -2.11. The van der Waals surface area contributed by atoms with E-state index in [1.165, 1.54) is 17.4 Å². The Morgan fingerprint density at radius 2 is 1.90 bits per heavy atom. The molecule has 2 N–H and O–H groups in total. The molecule has 0 aliphatic rings. The number of aryl methyl sites for hydroxylation is 1. The first-order valence-corrected chi connectivity index (χ1v) is 10.5. The molecule has 0 saturated carbocycles. The number of anilines is 1. The monoisotopic (exact) mass is 432 g/mol. The Labute approximate surface area is 182 Å². The van der Waals surface area contributed by atoms with Gasteiger partial charge in [-0.25, -0.2) is 10.1 Å². The third-order valence-corrected chi connectivity index (χ3v) is 5.72. The highest BCUT2D eigenvalue weighted by molar-refractivity contribution is 7.17. The molecule has 0 fully saturated rings. The van der Waals surface area contributed by atoms with Gasteiger partial charge in [0.25, 0.3) is 11.5 Å². The predicted octanol–water partition coefficient (Wildman–Crippen LogP) is 4.52. The van der Waals surface area contributed by atoms with Crippen LogP contribution < -0.4 is 15.6 Å². The topological polar surface area (TPSA) is 97.0 Å². The number of hydrogen-bond donors (Lipinski definition) is 2. The summed E-state index contributed by atoms with van der Waals surface area (Å²) in [6, 6.07) is 18.0. The summed E-state index contributed by atoms with van der Waals surface area (Å²) in [5.41, 5.74) is 3.36. The first-order chi connectivity index (χ1) is 15.0. The zero-order chi connectivity index (χ0) is 21.8. The summed E-state index contributed by atoms with van der Waals surface area (Å²) in [5.74, 6) is 0.577. The Bertz CT molecular complexity index is 1260. The summed E-state index contributed by atoms with van der Waals surface area (Å²) in [6.07, 6.45) is 0. The van der Waals surface area contributed by atoms with E-state index in [4.69, 9.17) is 4.74 Å². The second kappa shape index (κ2) is 8.93. The number of hydrogen-bond acceptors (Lipinski definition) is 6. The van der Waals surface area contributed by atoms with Crippen LogP contribution in [0.2, 0.25) is 0 Å². The molecule has 7 nitrogen and oxygen atoms in total. The van der Waals surface area contributed by atoms with Crippen molar-refractivity contribution in [1.29, 1.82) is 0 Å². The van der Waals surface area contributed by atoms with Crippen LogP contribution >= 0.6 is 11.3 Å². The van der Waals surface area contributed by atoms with Crippen LogP contribution in [0.15, 0.2) is 65.5 Å². The average Bonchev–Trinajstić information content (AvgIpc) is 3.17. The zero-order valence-electron chi connectivity index (χ0n) is 17.0. The number of thiazole rings is 1. The molecule has 2 heterocycles. The van der Waals surface area contributed by atoms with Crippen molar-refractivity contribution in [2.45, 2.75) is 13.8 Å². The predicted molar refractivity (Wildman–Crippen MR) is 122 cm³/mol. The molecule has 4 rings (SSSR count). The van der Waals surface area contributed by atoms with E-state index in [1.54, 1.807) is 12.1 Å². The molecule has 1 amide bonds. The smallest absolute Gasteiger partial charge is 0.267 e. The minimum absolute atomic E-state index is 0.223. The molecule has 0 radical (unpaired) electrons. The largest absolute Gasteiger partial charge is 0.494 e. The first kappa shape index (κ1) is 20.5. The number of amides is 1. The highest BCUT2D eigenvalue weighted by atomic mass is 32.1. The van der Waals surface area contributed by atoms with Crippen molar-refractivity contribution in [2.24, 2.45) is 0 Å². The van der Waals surface area contributed by atoms with Gasteiger partial charge in [0.1, 0.15) is 15.6 Å². The summed E-state index contributed by atoms with van der Waals surface area (Å²) < 4.78 is 5.47. The summed E-state index contributed by atoms with van der Waals surface area (Å²) in [7, 11) is 0. The van der Waals surface area contributed by atoms with Crippen LogP contribution in [0.25, 0.3) is 21.8 Å². The number of nitrogens with one attached hydrogen (secondary N) is 2. The molecule has 0 atom stereocenters. The van der Waals surface area contributed by atoms with E-state index in [-0.39, 0.29) is 11.5 Å². The van der Waals surface area contributed by atoms with Gasteiger partial charge >= 0.3 is 0 Å². The van der Waals surface area contributed by atoms with Gasteiger partial charge in [-0.2, -0.15) is 5.10 Å². The van der Waals surface area contributed by atoms with Crippen molar-refractivity contribution in [3.8, 4) is 27.6 Å². The van der Waals surface area contributed by atoms with Gasteiger partial charge in [0.15, 0.2) is 0 Å². The number of aromatic amines is 1. The fourth-order valence-corrected chi connectivity index (χ4v) is 4.01. The SMILES string of the molecule is CCOc1ccc(-c2nc(C)c(C(=O)Nc3cccc(-c4ccc(=O)[nH]n4)c3)s2)cc1. The zero-order valence-corrected chi connectivity index (χ0v) is 17.8. The van der Waals surface area contributed by atoms with E-state index >= 15 is 0 Å². The van der Waals surface area contributed by atoms with Crippen molar-refractivity contribution in [1.82, 2.24) is 15.2 Å². The summed E-state index contributed by atoms with van der Waals surface area (Å²) >= 11 is 1.35. The third-order valence-electron chi connectivity index (χ3n) is 4.51. The maximum atomic E-state index is 12.9. The van der Waals surface area contributed by atoms with Crippen LogP contribution in [0.1, 0.15) is 22.3 Å². The summed E-state index contributed by atoms with van der Waals surface area (Å²) in [4.78, 5) is 29.2. The highest BCUT2D eigenvalue weighted by Gasteiger charge is 2.17. The van der Waals surface area contributed by atoms with Gasteiger partial charge in [-0.1, -0.05) is 12.1 Å². The van der Waals surface area contributed by atoms with Gasteiger partial charge in [0.2, 0.25) is 0 Å². The van der Waals surface area contributed by atoms with Gasteiger partial charge in [-0.15, -0.1) is 11.3 Å². The Kier molecular flexibility index (Phi) is 5.90. The minimum atomic E-state index is -0.266. The number of rotatable bonds is 6. The molecule has 0 aliphatic heterocycles. The minimum Gasteiger partial charge on any atom is -0.494 e. The van der Waals surface area contributed by atoms with Crippen molar-refractivity contribution in [3.63, 3.8) is 0 Å². The molecule has 8 heteroatoms. The van der Waals surface area contributed by atoms with E-state index in [9.17, 15) is 9.59 Å². The van der Waals surface area contributed by atoms with E-state index in [1.807, 2.05) is 56.3 Å².